The Morgan fingerprint density at radius 1 is 1.06 bits per heavy atom. The summed E-state index contributed by atoms with van der Waals surface area (Å²) >= 11 is 3.38. The number of benzene rings is 2. The van der Waals surface area contributed by atoms with Crippen LogP contribution in [0.1, 0.15) is 5.56 Å². The first-order valence-corrected chi connectivity index (χ1v) is 6.23. The summed E-state index contributed by atoms with van der Waals surface area (Å²) in [6, 6.07) is 12.8. The molecule has 0 amide bonds. The molecule has 0 saturated carbocycles. The molecule has 0 saturated heterocycles. The average molecular weight is 309 g/mol. The SMILES string of the molecule is COc1ccc(Oc2cc(Br)ccc2CO)cc1. The molecule has 0 unspecified atom stereocenters. The summed E-state index contributed by atoms with van der Waals surface area (Å²) in [7, 11) is 1.62. The predicted octanol–water partition coefficient (Wildman–Crippen LogP) is 3.74. The Hall–Kier alpha value is -1.52. The van der Waals surface area contributed by atoms with E-state index in [2.05, 4.69) is 15.9 Å². The van der Waals surface area contributed by atoms with Crippen LogP contribution in [-0.4, -0.2) is 12.2 Å². The molecule has 0 aliphatic heterocycles. The highest BCUT2D eigenvalue weighted by atomic mass is 79.9. The number of halogens is 1. The smallest absolute Gasteiger partial charge is 0.134 e. The maximum absolute atomic E-state index is 9.25. The van der Waals surface area contributed by atoms with Crippen LogP contribution in [0.3, 0.4) is 0 Å². The largest absolute Gasteiger partial charge is 0.497 e. The number of hydrogen-bond acceptors (Lipinski definition) is 3. The highest BCUT2D eigenvalue weighted by Crippen LogP contribution is 2.29. The number of hydrogen-bond donors (Lipinski definition) is 1. The molecule has 2 aromatic rings. The van der Waals surface area contributed by atoms with Crippen LogP contribution in [0.5, 0.6) is 17.2 Å². The van der Waals surface area contributed by atoms with Crippen molar-refractivity contribution in [1.29, 1.82) is 0 Å². The van der Waals surface area contributed by atoms with Gasteiger partial charge >= 0.3 is 0 Å². The van der Waals surface area contributed by atoms with Crippen LogP contribution in [0.15, 0.2) is 46.9 Å². The van der Waals surface area contributed by atoms with Gasteiger partial charge in [-0.05, 0) is 36.4 Å². The Balaban J connectivity index is 2.24. The fraction of sp³-hybridized carbons (Fsp3) is 0.143. The molecule has 0 aliphatic rings. The normalized spacial score (nSPS) is 10.2. The molecule has 2 aromatic carbocycles. The molecule has 0 fully saturated rings. The molecule has 0 aliphatic carbocycles. The van der Waals surface area contributed by atoms with Crippen LogP contribution in [0.2, 0.25) is 0 Å². The zero-order valence-electron chi connectivity index (χ0n) is 9.89. The van der Waals surface area contributed by atoms with Gasteiger partial charge in [-0.15, -0.1) is 0 Å². The fourth-order valence-corrected chi connectivity index (χ4v) is 1.86. The van der Waals surface area contributed by atoms with Crippen LogP contribution in [0, 0.1) is 0 Å². The quantitative estimate of drug-likeness (QED) is 0.935. The van der Waals surface area contributed by atoms with E-state index in [0.29, 0.717) is 11.5 Å². The first-order chi connectivity index (χ1) is 8.72. The Morgan fingerprint density at radius 3 is 2.33 bits per heavy atom. The van der Waals surface area contributed by atoms with Gasteiger partial charge in [-0.1, -0.05) is 22.0 Å². The summed E-state index contributed by atoms with van der Waals surface area (Å²) in [4.78, 5) is 0. The third-order valence-electron chi connectivity index (χ3n) is 2.49. The third kappa shape index (κ3) is 3.03. The second-order valence-electron chi connectivity index (χ2n) is 3.69. The van der Waals surface area contributed by atoms with E-state index in [4.69, 9.17) is 9.47 Å². The molecule has 3 nitrogen and oxygen atoms in total. The van der Waals surface area contributed by atoms with Crippen molar-refractivity contribution in [3.8, 4) is 17.2 Å². The summed E-state index contributed by atoms with van der Waals surface area (Å²) < 4.78 is 11.7. The highest BCUT2D eigenvalue weighted by molar-refractivity contribution is 9.10. The predicted molar refractivity (Wildman–Crippen MR) is 73.1 cm³/mol. The molecule has 0 bridgehead atoms. The van der Waals surface area contributed by atoms with E-state index in [1.54, 1.807) is 7.11 Å². The van der Waals surface area contributed by atoms with Crippen LogP contribution in [-0.2, 0) is 6.61 Å². The zero-order chi connectivity index (χ0) is 13.0. The van der Waals surface area contributed by atoms with Crippen molar-refractivity contribution in [2.24, 2.45) is 0 Å². The van der Waals surface area contributed by atoms with E-state index < -0.39 is 0 Å². The van der Waals surface area contributed by atoms with E-state index in [1.807, 2.05) is 42.5 Å². The van der Waals surface area contributed by atoms with Gasteiger partial charge in [0.2, 0.25) is 0 Å². The standard InChI is InChI=1S/C14H13BrO3/c1-17-12-4-6-13(7-5-12)18-14-8-11(15)3-2-10(14)9-16/h2-8,16H,9H2,1H3. The van der Waals surface area contributed by atoms with Crippen molar-refractivity contribution in [3.05, 3.63) is 52.5 Å². The van der Waals surface area contributed by atoms with Gasteiger partial charge < -0.3 is 14.6 Å². The summed E-state index contributed by atoms with van der Waals surface area (Å²) in [5.74, 6) is 2.11. The maximum Gasteiger partial charge on any atom is 0.134 e. The molecule has 4 heteroatoms. The minimum Gasteiger partial charge on any atom is -0.497 e. The van der Waals surface area contributed by atoms with E-state index in [0.717, 1.165) is 15.8 Å². The van der Waals surface area contributed by atoms with Crippen molar-refractivity contribution in [2.75, 3.05) is 7.11 Å². The zero-order valence-corrected chi connectivity index (χ0v) is 11.5. The van der Waals surface area contributed by atoms with Gasteiger partial charge in [0, 0.05) is 10.0 Å². The summed E-state index contributed by atoms with van der Waals surface area (Å²) in [6.45, 7) is -0.0568. The summed E-state index contributed by atoms with van der Waals surface area (Å²) in [5, 5.41) is 9.25. The molecule has 1 N–H and O–H groups in total. The van der Waals surface area contributed by atoms with E-state index in [-0.39, 0.29) is 6.61 Å². The molecule has 0 heterocycles. The molecule has 2 rings (SSSR count). The number of aliphatic hydroxyl groups excluding tert-OH is 1. The second-order valence-corrected chi connectivity index (χ2v) is 4.60. The van der Waals surface area contributed by atoms with E-state index >= 15 is 0 Å². The lowest BCUT2D eigenvalue weighted by atomic mass is 10.2. The Kier molecular flexibility index (Phi) is 4.23. The molecule has 94 valence electrons. The third-order valence-corrected chi connectivity index (χ3v) is 2.98. The van der Waals surface area contributed by atoms with Gasteiger partial charge in [-0.2, -0.15) is 0 Å². The first kappa shape index (κ1) is 12.9. The van der Waals surface area contributed by atoms with Crippen molar-refractivity contribution < 1.29 is 14.6 Å². The van der Waals surface area contributed by atoms with Crippen molar-refractivity contribution in [1.82, 2.24) is 0 Å². The molecule has 0 atom stereocenters. The van der Waals surface area contributed by atoms with Crippen molar-refractivity contribution >= 4 is 15.9 Å². The van der Waals surface area contributed by atoms with E-state index in [9.17, 15) is 5.11 Å². The monoisotopic (exact) mass is 308 g/mol. The van der Waals surface area contributed by atoms with Crippen LogP contribution in [0.4, 0.5) is 0 Å². The number of aliphatic hydroxyl groups is 1. The van der Waals surface area contributed by atoms with Crippen molar-refractivity contribution in [2.45, 2.75) is 6.61 Å². The summed E-state index contributed by atoms with van der Waals surface area (Å²) in [6.07, 6.45) is 0. The lowest BCUT2D eigenvalue weighted by Gasteiger charge is -2.10. The molecule has 0 spiro atoms. The maximum atomic E-state index is 9.25. The van der Waals surface area contributed by atoms with Gasteiger partial charge in [-0.25, -0.2) is 0 Å². The second kappa shape index (κ2) is 5.89. The fourth-order valence-electron chi connectivity index (χ4n) is 1.52. The molecule has 0 radical (unpaired) electrons. The van der Waals surface area contributed by atoms with Gasteiger partial charge in [0.25, 0.3) is 0 Å². The molecular formula is C14H13BrO3. The van der Waals surface area contributed by atoms with Gasteiger partial charge in [0.05, 0.1) is 13.7 Å². The lowest BCUT2D eigenvalue weighted by Crippen LogP contribution is -1.92. The Labute approximate surface area is 114 Å². The Morgan fingerprint density at radius 2 is 1.72 bits per heavy atom. The minimum atomic E-state index is -0.0568. The summed E-state index contributed by atoms with van der Waals surface area (Å²) in [5.41, 5.74) is 0.744. The van der Waals surface area contributed by atoms with Crippen molar-refractivity contribution in [3.63, 3.8) is 0 Å². The Bertz CT molecular complexity index is 523. The number of rotatable bonds is 4. The lowest BCUT2D eigenvalue weighted by molar-refractivity contribution is 0.276. The molecule has 0 aromatic heterocycles. The first-order valence-electron chi connectivity index (χ1n) is 5.44. The van der Waals surface area contributed by atoms with E-state index in [1.165, 1.54) is 0 Å². The van der Waals surface area contributed by atoms with Crippen LogP contribution in [0.25, 0.3) is 0 Å². The average Bonchev–Trinajstić information content (AvgIpc) is 2.40. The molecular weight excluding hydrogens is 296 g/mol. The number of methoxy groups -OCH3 is 1. The topological polar surface area (TPSA) is 38.7 Å². The number of ether oxygens (including phenoxy) is 2. The highest BCUT2D eigenvalue weighted by Gasteiger charge is 2.05. The van der Waals surface area contributed by atoms with Gasteiger partial charge in [-0.3, -0.25) is 0 Å². The molecule has 18 heavy (non-hydrogen) atoms. The van der Waals surface area contributed by atoms with Gasteiger partial charge in [0.1, 0.15) is 17.2 Å². The van der Waals surface area contributed by atoms with Crippen LogP contribution >= 0.6 is 15.9 Å². The van der Waals surface area contributed by atoms with Gasteiger partial charge in [0.15, 0.2) is 0 Å². The van der Waals surface area contributed by atoms with Crippen LogP contribution < -0.4 is 9.47 Å². The minimum absolute atomic E-state index is 0.0568.